The molecule has 2 aromatic rings. The van der Waals surface area contributed by atoms with Crippen LogP contribution in [0.5, 0.6) is 0 Å². The topological polar surface area (TPSA) is 78.7 Å². The van der Waals surface area contributed by atoms with Crippen molar-refractivity contribution in [1.29, 1.82) is 0 Å². The van der Waals surface area contributed by atoms with Crippen LogP contribution in [0.2, 0.25) is 0 Å². The lowest BCUT2D eigenvalue weighted by Crippen LogP contribution is -2.45. The van der Waals surface area contributed by atoms with Crippen LogP contribution in [0.3, 0.4) is 0 Å². The van der Waals surface area contributed by atoms with Gasteiger partial charge in [-0.2, -0.15) is 0 Å². The first-order valence-electron chi connectivity index (χ1n) is 8.51. The highest BCUT2D eigenvalue weighted by Crippen LogP contribution is 2.47. The van der Waals surface area contributed by atoms with Gasteiger partial charge >= 0.3 is 0 Å². The molecule has 1 fully saturated rings. The Bertz CT molecular complexity index is 706. The minimum Gasteiger partial charge on any atom is -0.467 e. The molecule has 1 aromatic carbocycles. The van der Waals surface area contributed by atoms with Crippen molar-refractivity contribution in [2.75, 3.05) is 20.1 Å². The zero-order valence-corrected chi connectivity index (χ0v) is 14.4. The van der Waals surface area contributed by atoms with Gasteiger partial charge in [-0.15, -0.1) is 0 Å². The normalized spacial score (nSPS) is 15.5. The summed E-state index contributed by atoms with van der Waals surface area (Å²) < 4.78 is 5.18. The molecule has 6 heteroatoms. The number of hydrogen-bond donors (Lipinski definition) is 3. The predicted octanol–water partition coefficient (Wildman–Crippen LogP) is 1.79. The van der Waals surface area contributed by atoms with Gasteiger partial charge in [0.15, 0.2) is 5.96 Å². The molecule has 0 aliphatic heterocycles. The van der Waals surface area contributed by atoms with Gasteiger partial charge in [-0.25, -0.2) is 0 Å². The number of nitrogens with one attached hydrogen (secondary N) is 3. The number of amides is 1. The zero-order chi connectivity index (χ0) is 17.5. The Balaban J connectivity index is 1.42. The van der Waals surface area contributed by atoms with Crippen LogP contribution in [0.15, 0.2) is 58.1 Å². The number of guanidine groups is 1. The molecule has 0 spiro atoms. The highest BCUT2D eigenvalue weighted by molar-refractivity contribution is 5.86. The number of benzene rings is 1. The Kier molecular flexibility index (Phi) is 5.38. The van der Waals surface area contributed by atoms with Crippen molar-refractivity contribution in [1.82, 2.24) is 16.0 Å². The minimum absolute atomic E-state index is 0.108. The summed E-state index contributed by atoms with van der Waals surface area (Å²) in [5.74, 6) is 1.26. The molecule has 1 heterocycles. The molecule has 25 heavy (non-hydrogen) atoms. The van der Waals surface area contributed by atoms with E-state index in [-0.39, 0.29) is 17.9 Å². The minimum atomic E-state index is -0.108. The molecule has 3 rings (SSSR count). The zero-order valence-electron chi connectivity index (χ0n) is 14.4. The number of nitrogens with zero attached hydrogens (tertiary/aromatic N) is 1. The van der Waals surface area contributed by atoms with E-state index in [2.05, 4.69) is 45.2 Å². The number of rotatable bonds is 7. The fourth-order valence-corrected chi connectivity index (χ4v) is 2.81. The van der Waals surface area contributed by atoms with Crippen molar-refractivity contribution in [3.63, 3.8) is 0 Å². The highest BCUT2D eigenvalue weighted by Gasteiger charge is 2.43. The second-order valence-corrected chi connectivity index (χ2v) is 6.28. The van der Waals surface area contributed by atoms with Crippen molar-refractivity contribution >= 4 is 11.9 Å². The molecule has 0 unspecified atom stereocenters. The van der Waals surface area contributed by atoms with E-state index in [0.29, 0.717) is 12.5 Å². The monoisotopic (exact) mass is 340 g/mol. The maximum Gasteiger partial charge on any atom is 0.239 e. The maximum absolute atomic E-state index is 11.9. The number of hydrogen-bond acceptors (Lipinski definition) is 3. The Hall–Kier alpha value is -2.76. The number of carbonyl (C=O) groups is 1. The van der Waals surface area contributed by atoms with E-state index in [1.807, 2.05) is 12.1 Å². The Morgan fingerprint density at radius 2 is 1.92 bits per heavy atom. The average Bonchev–Trinajstić information content (AvgIpc) is 3.26. The van der Waals surface area contributed by atoms with Crippen molar-refractivity contribution in [2.24, 2.45) is 4.99 Å². The third kappa shape index (κ3) is 4.62. The maximum atomic E-state index is 11.9. The molecule has 1 aliphatic carbocycles. The average molecular weight is 340 g/mol. The molecule has 3 N–H and O–H groups in total. The van der Waals surface area contributed by atoms with Crippen LogP contribution in [-0.4, -0.2) is 32.0 Å². The van der Waals surface area contributed by atoms with Crippen LogP contribution >= 0.6 is 0 Å². The van der Waals surface area contributed by atoms with Crippen LogP contribution in [-0.2, 0) is 16.8 Å². The number of aliphatic imine (C=N–C) groups is 1. The molecule has 1 amide bonds. The third-order valence-electron chi connectivity index (χ3n) is 4.51. The van der Waals surface area contributed by atoms with Gasteiger partial charge in [-0.05, 0) is 30.5 Å². The summed E-state index contributed by atoms with van der Waals surface area (Å²) in [4.78, 5) is 16.1. The number of furan rings is 1. The van der Waals surface area contributed by atoms with Crippen LogP contribution < -0.4 is 16.0 Å². The molecule has 132 valence electrons. The van der Waals surface area contributed by atoms with Crippen molar-refractivity contribution in [2.45, 2.75) is 24.8 Å². The molecule has 0 radical (unpaired) electrons. The van der Waals surface area contributed by atoms with Crippen LogP contribution in [0, 0.1) is 0 Å². The van der Waals surface area contributed by atoms with Gasteiger partial charge in [0.05, 0.1) is 19.4 Å². The summed E-state index contributed by atoms with van der Waals surface area (Å²) in [5, 5.41) is 9.18. The van der Waals surface area contributed by atoms with E-state index in [1.54, 1.807) is 19.4 Å². The van der Waals surface area contributed by atoms with E-state index >= 15 is 0 Å². The first kappa shape index (κ1) is 17.1. The van der Waals surface area contributed by atoms with Crippen molar-refractivity contribution in [3.8, 4) is 0 Å². The summed E-state index contributed by atoms with van der Waals surface area (Å²) in [5.41, 5.74) is 1.55. The lowest BCUT2D eigenvalue weighted by Gasteiger charge is -2.19. The molecular weight excluding hydrogens is 316 g/mol. The second kappa shape index (κ2) is 7.88. The number of carbonyl (C=O) groups excluding carboxylic acids is 1. The lowest BCUT2D eigenvalue weighted by molar-refractivity contribution is -0.120. The molecular formula is C19H24N4O2. The Morgan fingerprint density at radius 1 is 1.12 bits per heavy atom. The first-order valence-corrected chi connectivity index (χ1v) is 8.51. The fourth-order valence-electron chi connectivity index (χ4n) is 2.81. The standard InChI is InChI=1S/C19H24N4O2/c1-20-18(22-13-17(24)21-12-16-8-5-11-25-16)23-14-19(9-10-19)15-6-3-2-4-7-15/h2-8,11H,9-10,12-14H2,1H3,(H,21,24)(H2,20,22,23). The van der Waals surface area contributed by atoms with E-state index in [4.69, 9.17) is 4.42 Å². The molecule has 0 atom stereocenters. The highest BCUT2D eigenvalue weighted by atomic mass is 16.3. The van der Waals surface area contributed by atoms with Crippen LogP contribution in [0.4, 0.5) is 0 Å². The summed E-state index contributed by atoms with van der Waals surface area (Å²) in [6, 6.07) is 14.2. The molecule has 0 saturated heterocycles. The van der Waals surface area contributed by atoms with Gasteiger partial charge in [0, 0.05) is 19.0 Å². The smallest absolute Gasteiger partial charge is 0.239 e. The molecule has 6 nitrogen and oxygen atoms in total. The predicted molar refractivity (Wildman–Crippen MR) is 97.3 cm³/mol. The molecule has 1 aromatic heterocycles. The summed E-state index contributed by atoms with van der Waals surface area (Å²) >= 11 is 0. The van der Waals surface area contributed by atoms with Gasteiger partial charge < -0.3 is 20.4 Å². The first-order chi connectivity index (χ1) is 12.2. The Labute approximate surface area is 147 Å². The van der Waals surface area contributed by atoms with E-state index in [9.17, 15) is 4.79 Å². The lowest BCUT2D eigenvalue weighted by atomic mass is 9.96. The van der Waals surface area contributed by atoms with Gasteiger partial charge in [-0.3, -0.25) is 9.79 Å². The largest absolute Gasteiger partial charge is 0.467 e. The summed E-state index contributed by atoms with van der Waals surface area (Å²) in [6.07, 6.45) is 3.93. The van der Waals surface area contributed by atoms with E-state index < -0.39 is 0 Å². The summed E-state index contributed by atoms with van der Waals surface area (Å²) in [6.45, 7) is 1.36. The SMILES string of the molecule is CN=C(NCC(=O)NCc1ccco1)NCC1(c2ccccc2)CC1. The summed E-state index contributed by atoms with van der Waals surface area (Å²) in [7, 11) is 1.71. The Morgan fingerprint density at radius 3 is 2.56 bits per heavy atom. The van der Waals surface area contributed by atoms with E-state index in [0.717, 1.165) is 12.3 Å². The van der Waals surface area contributed by atoms with Gasteiger partial charge in [0.25, 0.3) is 0 Å². The van der Waals surface area contributed by atoms with Gasteiger partial charge in [-0.1, -0.05) is 30.3 Å². The third-order valence-corrected chi connectivity index (χ3v) is 4.51. The fraction of sp³-hybridized carbons (Fsp3) is 0.368. The molecule has 0 bridgehead atoms. The molecule has 1 saturated carbocycles. The van der Waals surface area contributed by atoms with E-state index in [1.165, 1.54) is 18.4 Å². The van der Waals surface area contributed by atoms with Crippen molar-refractivity contribution in [3.05, 3.63) is 60.1 Å². The van der Waals surface area contributed by atoms with Crippen LogP contribution in [0.1, 0.15) is 24.2 Å². The van der Waals surface area contributed by atoms with Gasteiger partial charge in [0.1, 0.15) is 5.76 Å². The van der Waals surface area contributed by atoms with Crippen LogP contribution in [0.25, 0.3) is 0 Å². The quantitative estimate of drug-likeness (QED) is 0.530. The van der Waals surface area contributed by atoms with Gasteiger partial charge in [0.2, 0.25) is 5.91 Å². The second-order valence-electron chi connectivity index (χ2n) is 6.28. The van der Waals surface area contributed by atoms with Crippen molar-refractivity contribution < 1.29 is 9.21 Å². The molecule has 1 aliphatic rings.